The summed E-state index contributed by atoms with van der Waals surface area (Å²) in [7, 11) is 0. The van der Waals surface area contributed by atoms with Crippen molar-refractivity contribution in [2.24, 2.45) is 0 Å². The molecule has 0 bridgehead atoms. The second kappa shape index (κ2) is 4.12. The molecular weight excluding hydrogens is 240 g/mol. The molecule has 0 unspecified atom stereocenters. The number of allylic oxidation sites excluding steroid dienone is 1. The average Bonchev–Trinajstić information content (AvgIpc) is 2.74. The number of hydrogen-bond donors (Lipinski definition) is 0. The summed E-state index contributed by atoms with van der Waals surface area (Å²) in [6.07, 6.45) is 3.95. The van der Waals surface area contributed by atoms with Crippen LogP contribution in [-0.2, 0) is 6.42 Å². The second-order valence-corrected chi connectivity index (χ2v) is 4.75. The minimum absolute atomic E-state index is 0.299. The van der Waals surface area contributed by atoms with Crippen molar-refractivity contribution in [1.82, 2.24) is 0 Å². The van der Waals surface area contributed by atoms with Gasteiger partial charge >= 0.3 is 5.63 Å². The van der Waals surface area contributed by atoms with E-state index in [-0.39, 0.29) is 5.63 Å². The highest BCUT2D eigenvalue weighted by molar-refractivity contribution is 5.96. The van der Waals surface area contributed by atoms with E-state index in [1.165, 1.54) is 0 Å². The van der Waals surface area contributed by atoms with Crippen molar-refractivity contribution in [3.8, 4) is 0 Å². The fourth-order valence-corrected chi connectivity index (χ4v) is 2.42. The Bertz CT molecular complexity index is 850. The molecule has 2 aromatic heterocycles. The maximum Gasteiger partial charge on any atom is 0.340 e. The maximum absolute atomic E-state index is 11.9. The summed E-state index contributed by atoms with van der Waals surface area (Å²) >= 11 is 0. The molecule has 96 valence electrons. The Balaban J connectivity index is 2.46. The molecule has 0 N–H and O–H groups in total. The van der Waals surface area contributed by atoms with Gasteiger partial charge in [0.1, 0.15) is 11.2 Å². The third kappa shape index (κ3) is 1.70. The van der Waals surface area contributed by atoms with Crippen LogP contribution in [0.2, 0.25) is 0 Å². The fraction of sp³-hybridized carbons (Fsp3) is 0.188. The van der Waals surface area contributed by atoms with Crippen LogP contribution in [0.4, 0.5) is 0 Å². The van der Waals surface area contributed by atoms with Gasteiger partial charge in [-0.05, 0) is 37.5 Å². The highest BCUT2D eigenvalue weighted by Crippen LogP contribution is 2.28. The molecule has 3 aromatic rings. The Morgan fingerprint density at radius 2 is 2.00 bits per heavy atom. The van der Waals surface area contributed by atoms with E-state index in [1.807, 2.05) is 19.9 Å². The average molecular weight is 254 g/mol. The Morgan fingerprint density at radius 3 is 2.74 bits per heavy atom. The first-order valence-corrected chi connectivity index (χ1v) is 6.17. The van der Waals surface area contributed by atoms with E-state index in [0.717, 1.165) is 27.5 Å². The monoisotopic (exact) mass is 254 g/mol. The van der Waals surface area contributed by atoms with Crippen LogP contribution in [0, 0.1) is 13.8 Å². The van der Waals surface area contributed by atoms with Gasteiger partial charge in [0, 0.05) is 22.4 Å². The first-order valence-electron chi connectivity index (χ1n) is 6.17. The SMILES string of the molecule is C=CCc1c(C)c2cc3c(C)coc3cc2oc1=O. The third-order valence-electron chi connectivity index (χ3n) is 3.52. The highest BCUT2D eigenvalue weighted by atomic mass is 16.4. The molecule has 0 spiro atoms. The third-order valence-corrected chi connectivity index (χ3v) is 3.52. The molecule has 1 aromatic carbocycles. The summed E-state index contributed by atoms with van der Waals surface area (Å²) in [6, 6.07) is 3.80. The second-order valence-electron chi connectivity index (χ2n) is 4.75. The Morgan fingerprint density at radius 1 is 1.21 bits per heavy atom. The number of hydrogen-bond acceptors (Lipinski definition) is 3. The van der Waals surface area contributed by atoms with Crippen LogP contribution in [0.3, 0.4) is 0 Å². The molecule has 0 amide bonds. The van der Waals surface area contributed by atoms with Crippen LogP contribution >= 0.6 is 0 Å². The van der Waals surface area contributed by atoms with Gasteiger partial charge in [-0.15, -0.1) is 6.58 Å². The summed E-state index contributed by atoms with van der Waals surface area (Å²) in [5.74, 6) is 0. The first-order chi connectivity index (χ1) is 9.11. The number of fused-ring (bicyclic) bond motifs is 2. The Hall–Kier alpha value is -2.29. The van der Waals surface area contributed by atoms with Gasteiger partial charge in [0.15, 0.2) is 0 Å². The predicted molar refractivity (Wildman–Crippen MR) is 75.6 cm³/mol. The minimum atomic E-state index is -0.299. The van der Waals surface area contributed by atoms with E-state index in [2.05, 4.69) is 6.58 Å². The van der Waals surface area contributed by atoms with Crippen LogP contribution in [0.5, 0.6) is 0 Å². The highest BCUT2D eigenvalue weighted by Gasteiger charge is 2.13. The lowest BCUT2D eigenvalue weighted by molar-refractivity contribution is 0.550. The molecule has 0 aliphatic heterocycles. The van der Waals surface area contributed by atoms with Crippen LogP contribution < -0.4 is 5.63 Å². The van der Waals surface area contributed by atoms with E-state index < -0.39 is 0 Å². The molecule has 0 fully saturated rings. The molecular formula is C16H14O3. The van der Waals surface area contributed by atoms with Crippen molar-refractivity contribution in [3.05, 3.63) is 58.2 Å². The summed E-state index contributed by atoms with van der Waals surface area (Å²) < 4.78 is 10.8. The molecule has 0 atom stereocenters. The lowest BCUT2D eigenvalue weighted by Gasteiger charge is -2.06. The van der Waals surface area contributed by atoms with Gasteiger partial charge in [0.25, 0.3) is 0 Å². The molecule has 19 heavy (non-hydrogen) atoms. The number of furan rings is 1. The van der Waals surface area contributed by atoms with Crippen molar-refractivity contribution in [2.75, 3.05) is 0 Å². The number of benzene rings is 1. The van der Waals surface area contributed by atoms with Crippen LogP contribution in [-0.4, -0.2) is 0 Å². The summed E-state index contributed by atoms with van der Waals surface area (Å²) in [5.41, 5.74) is 3.71. The Labute approximate surface area is 110 Å². The normalized spacial score (nSPS) is 11.3. The molecule has 3 nitrogen and oxygen atoms in total. The van der Waals surface area contributed by atoms with Gasteiger partial charge in [-0.3, -0.25) is 0 Å². The van der Waals surface area contributed by atoms with Crippen LogP contribution in [0.1, 0.15) is 16.7 Å². The molecule has 0 saturated carbocycles. The first kappa shape index (κ1) is 11.8. The number of rotatable bonds is 2. The zero-order valence-corrected chi connectivity index (χ0v) is 10.9. The summed E-state index contributed by atoms with van der Waals surface area (Å²) in [5, 5.41) is 2.00. The van der Waals surface area contributed by atoms with E-state index in [9.17, 15) is 4.79 Å². The Kier molecular flexibility index (Phi) is 2.56. The molecule has 0 aliphatic rings. The van der Waals surface area contributed by atoms with Crippen LogP contribution in [0.15, 0.2) is 44.7 Å². The molecule has 0 saturated heterocycles. The van der Waals surface area contributed by atoms with Gasteiger partial charge in [0.2, 0.25) is 0 Å². The standard InChI is InChI=1S/C16H14O3/c1-4-5-11-10(3)13-6-12-9(2)8-18-14(12)7-15(13)19-16(11)17/h4,6-8H,1,5H2,2-3H3. The van der Waals surface area contributed by atoms with E-state index in [0.29, 0.717) is 17.6 Å². The van der Waals surface area contributed by atoms with Gasteiger partial charge in [-0.25, -0.2) is 4.79 Å². The maximum atomic E-state index is 11.9. The zero-order valence-electron chi connectivity index (χ0n) is 10.9. The van der Waals surface area contributed by atoms with Gasteiger partial charge in [0.05, 0.1) is 6.26 Å². The largest absolute Gasteiger partial charge is 0.464 e. The van der Waals surface area contributed by atoms with Gasteiger partial charge in [-0.2, -0.15) is 0 Å². The molecule has 0 aliphatic carbocycles. The molecule has 0 radical (unpaired) electrons. The molecule has 3 rings (SSSR count). The molecule has 2 heterocycles. The van der Waals surface area contributed by atoms with E-state index in [4.69, 9.17) is 8.83 Å². The lowest BCUT2D eigenvalue weighted by atomic mass is 10.0. The van der Waals surface area contributed by atoms with Crippen LogP contribution in [0.25, 0.3) is 21.9 Å². The zero-order chi connectivity index (χ0) is 13.6. The smallest absolute Gasteiger partial charge is 0.340 e. The lowest BCUT2D eigenvalue weighted by Crippen LogP contribution is -2.09. The van der Waals surface area contributed by atoms with Crippen molar-refractivity contribution < 1.29 is 8.83 Å². The van der Waals surface area contributed by atoms with Gasteiger partial charge in [-0.1, -0.05) is 6.08 Å². The quantitative estimate of drug-likeness (QED) is 0.515. The van der Waals surface area contributed by atoms with E-state index in [1.54, 1.807) is 18.4 Å². The summed E-state index contributed by atoms with van der Waals surface area (Å²) in [6.45, 7) is 7.62. The topological polar surface area (TPSA) is 43.4 Å². The van der Waals surface area contributed by atoms with Crippen molar-refractivity contribution in [2.45, 2.75) is 20.3 Å². The van der Waals surface area contributed by atoms with E-state index >= 15 is 0 Å². The van der Waals surface area contributed by atoms with Crippen molar-refractivity contribution in [1.29, 1.82) is 0 Å². The van der Waals surface area contributed by atoms with Crippen molar-refractivity contribution in [3.63, 3.8) is 0 Å². The summed E-state index contributed by atoms with van der Waals surface area (Å²) in [4.78, 5) is 11.9. The fourth-order valence-electron chi connectivity index (χ4n) is 2.42. The van der Waals surface area contributed by atoms with Gasteiger partial charge < -0.3 is 8.83 Å². The molecule has 3 heteroatoms. The minimum Gasteiger partial charge on any atom is -0.464 e. The van der Waals surface area contributed by atoms with Crippen molar-refractivity contribution >= 4 is 21.9 Å². The number of aryl methyl sites for hydroxylation is 2. The predicted octanol–water partition coefficient (Wildman–Crippen LogP) is 3.88.